The van der Waals surface area contributed by atoms with Crippen LogP contribution in [0.2, 0.25) is 0 Å². The van der Waals surface area contributed by atoms with Crippen molar-refractivity contribution in [1.82, 2.24) is 5.32 Å². The SMILES string of the molecule is NC(=O)c1cc(F)ccc1N(CC1CCNCC1)C1CC1. The number of nitrogens with two attached hydrogens (primary N) is 1. The third-order valence-electron chi connectivity index (χ3n) is 4.43. The summed E-state index contributed by atoms with van der Waals surface area (Å²) >= 11 is 0. The molecule has 1 saturated heterocycles. The van der Waals surface area contributed by atoms with Gasteiger partial charge in [0.1, 0.15) is 5.82 Å². The molecule has 0 atom stereocenters. The third-order valence-corrected chi connectivity index (χ3v) is 4.43. The van der Waals surface area contributed by atoms with E-state index in [-0.39, 0.29) is 0 Å². The van der Waals surface area contributed by atoms with Crippen LogP contribution in [0.3, 0.4) is 0 Å². The molecule has 1 aromatic rings. The van der Waals surface area contributed by atoms with Crippen molar-refractivity contribution in [2.75, 3.05) is 24.5 Å². The molecule has 21 heavy (non-hydrogen) atoms. The minimum absolute atomic E-state index is 0.302. The summed E-state index contributed by atoms with van der Waals surface area (Å²) in [6, 6.07) is 4.85. The number of nitrogens with one attached hydrogen (secondary N) is 1. The summed E-state index contributed by atoms with van der Waals surface area (Å²) in [5.74, 6) is -0.344. The lowest BCUT2D eigenvalue weighted by molar-refractivity contribution is 0.1000. The number of primary amides is 1. The van der Waals surface area contributed by atoms with Crippen LogP contribution < -0.4 is 16.0 Å². The third kappa shape index (κ3) is 3.35. The van der Waals surface area contributed by atoms with Crippen molar-refractivity contribution in [3.8, 4) is 0 Å². The Balaban J connectivity index is 1.85. The Kier molecular flexibility index (Phi) is 4.10. The van der Waals surface area contributed by atoms with Crippen LogP contribution in [0.15, 0.2) is 18.2 Å². The highest BCUT2D eigenvalue weighted by atomic mass is 19.1. The molecule has 1 aliphatic heterocycles. The van der Waals surface area contributed by atoms with E-state index >= 15 is 0 Å². The van der Waals surface area contributed by atoms with Crippen LogP contribution in [0.1, 0.15) is 36.0 Å². The summed E-state index contributed by atoms with van der Waals surface area (Å²) in [4.78, 5) is 13.9. The molecule has 1 amide bonds. The number of carbonyl (C=O) groups excluding carboxylic acids is 1. The zero-order chi connectivity index (χ0) is 14.8. The predicted octanol–water partition coefficient (Wildman–Crippen LogP) is 1.89. The van der Waals surface area contributed by atoms with Gasteiger partial charge in [0.25, 0.3) is 5.91 Å². The number of rotatable bonds is 5. The normalized spacial score (nSPS) is 19.5. The van der Waals surface area contributed by atoms with Gasteiger partial charge in [-0.3, -0.25) is 4.79 Å². The molecule has 1 aromatic carbocycles. The smallest absolute Gasteiger partial charge is 0.250 e. The van der Waals surface area contributed by atoms with Crippen molar-refractivity contribution >= 4 is 11.6 Å². The van der Waals surface area contributed by atoms with Gasteiger partial charge in [-0.05, 0) is 62.9 Å². The van der Waals surface area contributed by atoms with Gasteiger partial charge in [-0.2, -0.15) is 0 Å². The van der Waals surface area contributed by atoms with Crippen LogP contribution in [0.25, 0.3) is 0 Å². The Bertz CT molecular complexity index is 524. The van der Waals surface area contributed by atoms with Gasteiger partial charge in [0.05, 0.1) is 5.56 Å². The molecule has 0 spiro atoms. The summed E-state index contributed by atoms with van der Waals surface area (Å²) in [7, 11) is 0. The highest BCUT2D eigenvalue weighted by molar-refractivity contribution is 5.98. The molecular formula is C16H22FN3O. The Morgan fingerprint density at radius 2 is 2.00 bits per heavy atom. The van der Waals surface area contributed by atoms with Crippen molar-refractivity contribution in [3.63, 3.8) is 0 Å². The number of amides is 1. The van der Waals surface area contributed by atoms with Crippen molar-refractivity contribution in [1.29, 1.82) is 0 Å². The van der Waals surface area contributed by atoms with Gasteiger partial charge in [-0.25, -0.2) is 4.39 Å². The molecule has 2 fully saturated rings. The number of hydrogen-bond donors (Lipinski definition) is 2. The fourth-order valence-corrected chi connectivity index (χ4v) is 3.13. The minimum Gasteiger partial charge on any atom is -0.368 e. The average Bonchev–Trinajstić information content (AvgIpc) is 3.31. The van der Waals surface area contributed by atoms with E-state index in [1.807, 2.05) is 0 Å². The van der Waals surface area contributed by atoms with E-state index in [1.165, 1.54) is 12.1 Å². The van der Waals surface area contributed by atoms with E-state index in [4.69, 9.17) is 5.73 Å². The Morgan fingerprint density at radius 3 is 2.62 bits per heavy atom. The molecule has 114 valence electrons. The molecule has 2 aliphatic rings. The molecule has 0 unspecified atom stereocenters. The highest BCUT2D eigenvalue weighted by Crippen LogP contribution is 2.35. The minimum atomic E-state index is -0.555. The second-order valence-electron chi connectivity index (χ2n) is 6.10. The molecule has 4 nitrogen and oxygen atoms in total. The van der Waals surface area contributed by atoms with E-state index < -0.39 is 11.7 Å². The Labute approximate surface area is 124 Å². The van der Waals surface area contributed by atoms with E-state index in [2.05, 4.69) is 10.2 Å². The zero-order valence-corrected chi connectivity index (χ0v) is 12.1. The summed E-state index contributed by atoms with van der Waals surface area (Å²) in [5, 5.41) is 3.37. The number of halogens is 1. The lowest BCUT2D eigenvalue weighted by Crippen LogP contribution is -2.38. The molecule has 0 radical (unpaired) electrons. The maximum Gasteiger partial charge on any atom is 0.250 e. The summed E-state index contributed by atoms with van der Waals surface area (Å²) in [6.45, 7) is 3.03. The monoisotopic (exact) mass is 291 g/mol. The van der Waals surface area contributed by atoms with Gasteiger partial charge in [0.2, 0.25) is 0 Å². The van der Waals surface area contributed by atoms with Gasteiger partial charge < -0.3 is 16.0 Å². The summed E-state index contributed by atoms with van der Waals surface area (Å²) in [5.41, 5.74) is 6.53. The second kappa shape index (κ2) is 6.02. The van der Waals surface area contributed by atoms with Gasteiger partial charge >= 0.3 is 0 Å². The highest BCUT2D eigenvalue weighted by Gasteiger charge is 2.33. The quantitative estimate of drug-likeness (QED) is 0.871. The van der Waals surface area contributed by atoms with Gasteiger partial charge in [-0.15, -0.1) is 0 Å². The van der Waals surface area contributed by atoms with Gasteiger partial charge in [0.15, 0.2) is 0 Å². The summed E-state index contributed by atoms with van der Waals surface area (Å²) < 4.78 is 13.4. The number of nitrogens with zero attached hydrogens (tertiary/aromatic N) is 1. The van der Waals surface area contributed by atoms with E-state index in [1.54, 1.807) is 6.07 Å². The molecule has 1 saturated carbocycles. The van der Waals surface area contributed by atoms with Crippen molar-refractivity contribution < 1.29 is 9.18 Å². The fourth-order valence-electron chi connectivity index (χ4n) is 3.13. The first kappa shape index (κ1) is 14.3. The Hall–Kier alpha value is -1.62. The number of piperidine rings is 1. The van der Waals surface area contributed by atoms with Gasteiger partial charge in [-0.1, -0.05) is 0 Å². The number of hydrogen-bond acceptors (Lipinski definition) is 3. The maximum absolute atomic E-state index is 13.4. The predicted molar refractivity (Wildman–Crippen MR) is 80.9 cm³/mol. The van der Waals surface area contributed by atoms with Crippen LogP contribution in [-0.2, 0) is 0 Å². The number of benzene rings is 1. The van der Waals surface area contributed by atoms with Crippen LogP contribution in [0, 0.1) is 11.7 Å². The molecule has 1 heterocycles. The van der Waals surface area contributed by atoms with Crippen LogP contribution in [-0.4, -0.2) is 31.6 Å². The van der Waals surface area contributed by atoms with Crippen molar-refractivity contribution in [2.45, 2.75) is 31.7 Å². The van der Waals surface area contributed by atoms with E-state index in [9.17, 15) is 9.18 Å². The van der Waals surface area contributed by atoms with Gasteiger partial charge in [0, 0.05) is 18.3 Å². The van der Waals surface area contributed by atoms with Crippen molar-refractivity contribution in [2.24, 2.45) is 11.7 Å². The Morgan fingerprint density at radius 1 is 1.29 bits per heavy atom. The molecular weight excluding hydrogens is 269 g/mol. The molecule has 5 heteroatoms. The number of carbonyl (C=O) groups is 1. The van der Waals surface area contributed by atoms with Crippen LogP contribution in [0.5, 0.6) is 0 Å². The lowest BCUT2D eigenvalue weighted by atomic mass is 9.96. The maximum atomic E-state index is 13.4. The molecule has 3 N–H and O–H groups in total. The lowest BCUT2D eigenvalue weighted by Gasteiger charge is -2.32. The molecule has 0 aromatic heterocycles. The largest absolute Gasteiger partial charge is 0.368 e. The van der Waals surface area contributed by atoms with Crippen LogP contribution >= 0.6 is 0 Å². The topological polar surface area (TPSA) is 58.4 Å². The van der Waals surface area contributed by atoms with E-state index in [0.717, 1.165) is 51.0 Å². The molecule has 0 bridgehead atoms. The average molecular weight is 291 g/mol. The first-order valence-corrected chi connectivity index (χ1v) is 7.72. The fraction of sp³-hybridized carbons (Fsp3) is 0.562. The molecule has 3 rings (SSSR count). The standard InChI is InChI=1S/C16H22FN3O/c17-12-1-4-15(14(9-12)16(18)21)20(13-2-3-13)10-11-5-7-19-8-6-11/h1,4,9,11,13,19H,2-3,5-8,10H2,(H2,18,21). The second-order valence-corrected chi connectivity index (χ2v) is 6.10. The first-order valence-electron chi connectivity index (χ1n) is 7.72. The van der Waals surface area contributed by atoms with Crippen molar-refractivity contribution in [3.05, 3.63) is 29.6 Å². The van der Waals surface area contributed by atoms with E-state index in [0.29, 0.717) is 17.5 Å². The molecule has 1 aliphatic carbocycles. The zero-order valence-electron chi connectivity index (χ0n) is 12.1. The number of anilines is 1. The summed E-state index contributed by atoms with van der Waals surface area (Å²) in [6.07, 6.45) is 4.58. The first-order chi connectivity index (χ1) is 10.1. The van der Waals surface area contributed by atoms with Crippen LogP contribution in [0.4, 0.5) is 10.1 Å².